The molecular weight excluding hydrogens is 268 g/mol. The van der Waals surface area contributed by atoms with Crippen molar-refractivity contribution < 1.29 is 9.53 Å². The van der Waals surface area contributed by atoms with Gasteiger partial charge in [0.15, 0.2) is 0 Å². The number of rotatable bonds is 1. The Bertz CT molecular complexity index is 517. The molecule has 0 saturated carbocycles. The average molecular weight is 292 g/mol. The molecule has 2 N–H and O–H groups in total. The number of amides is 1. The highest BCUT2D eigenvalue weighted by atomic mass is 16.6. The number of pyridine rings is 1. The van der Waals surface area contributed by atoms with Gasteiger partial charge in [0.05, 0.1) is 11.9 Å². The van der Waals surface area contributed by atoms with Crippen molar-refractivity contribution in [1.29, 1.82) is 0 Å². The summed E-state index contributed by atoms with van der Waals surface area (Å²) in [6.07, 6.45) is 1.54. The smallest absolute Gasteiger partial charge is 0.410 e. The zero-order valence-electron chi connectivity index (χ0n) is 13.2. The number of ether oxygens (including phenoxy) is 1. The van der Waals surface area contributed by atoms with E-state index in [-0.39, 0.29) is 6.09 Å². The van der Waals surface area contributed by atoms with Crippen LogP contribution in [0.5, 0.6) is 0 Å². The molecule has 1 saturated heterocycles. The number of carbonyl (C=O) groups is 1. The Labute approximate surface area is 125 Å². The molecule has 0 bridgehead atoms. The molecule has 0 aromatic carbocycles. The van der Waals surface area contributed by atoms with Gasteiger partial charge in [0.25, 0.3) is 0 Å². The van der Waals surface area contributed by atoms with Crippen LogP contribution in [0.25, 0.3) is 0 Å². The number of piperazine rings is 1. The highest BCUT2D eigenvalue weighted by Gasteiger charge is 2.26. The number of aryl methyl sites for hydroxylation is 1. The fourth-order valence-electron chi connectivity index (χ4n) is 2.22. The summed E-state index contributed by atoms with van der Waals surface area (Å²) in [5, 5.41) is 0. The first-order chi connectivity index (χ1) is 9.76. The topological polar surface area (TPSA) is 71.7 Å². The van der Waals surface area contributed by atoms with E-state index in [1.165, 1.54) is 0 Å². The lowest BCUT2D eigenvalue weighted by atomic mass is 10.2. The van der Waals surface area contributed by atoms with Crippen LogP contribution < -0.4 is 10.6 Å². The Balaban J connectivity index is 1.94. The summed E-state index contributed by atoms with van der Waals surface area (Å²) in [6, 6.07) is 2.03. The number of nitrogen functional groups attached to an aromatic ring is 1. The molecule has 2 heterocycles. The summed E-state index contributed by atoms with van der Waals surface area (Å²) in [5.41, 5.74) is 7.31. The van der Waals surface area contributed by atoms with Crippen LogP contribution in [-0.4, -0.2) is 47.8 Å². The van der Waals surface area contributed by atoms with E-state index in [4.69, 9.17) is 10.5 Å². The number of carbonyl (C=O) groups excluding carboxylic acids is 1. The van der Waals surface area contributed by atoms with Crippen molar-refractivity contribution in [3.05, 3.63) is 17.8 Å². The maximum atomic E-state index is 12.0. The number of hydrogen-bond acceptors (Lipinski definition) is 5. The summed E-state index contributed by atoms with van der Waals surface area (Å²) in [4.78, 5) is 20.2. The predicted molar refractivity (Wildman–Crippen MR) is 83.4 cm³/mol. The molecule has 1 amide bonds. The second kappa shape index (κ2) is 5.79. The van der Waals surface area contributed by atoms with E-state index >= 15 is 0 Å². The van der Waals surface area contributed by atoms with Crippen molar-refractivity contribution in [2.24, 2.45) is 0 Å². The van der Waals surface area contributed by atoms with Gasteiger partial charge in [-0.2, -0.15) is 0 Å². The minimum Gasteiger partial charge on any atom is -0.444 e. The van der Waals surface area contributed by atoms with Gasteiger partial charge in [-0.3, -0.25) is 0 Å². The van der Waals surface area contributed by atoms with Crippen molar-refractivity contribution >= 4 is 17.6 Å². The molecule has 0 atom stereocenters. The number of nitrogens with two attached hydrogens (primary N) is 1. The van der Waals surface area contributed by atoms with Crippen molar-refractivity contribution in [1.82, 2.24) is 9.88 Å². The van der Waals surface area contributed by atoms with Gasteiger partial charge in [-0.05, 0) is 39.3 Å². The summed E-state index contributed by atoms with van der Waals surface area (Å²) >= 11 is 0. The van der Waals surface area contributed by atoms with E-state index in [9.17, 15) is 4.79 Å². The van der Waals surface area contributed by atoms with Gasteiger partial charge < -0.3 is 20.3 Å². The average Bonchev–Trinajstić information content (AvgIpc) is 2.40. The van der Waals surface area contributed by atoms with Gasteiger partial charge >= 0.3 is 6.09 Å². The zero-order chi connectivity index (χ0) is 15.6. The van der Waals surface area contributed by atoms with Gasteiger partial charge in [-0.25, -0.2) is 9.78 Å². The van der Waals surface area contributed by atoms with Crippen LogP contribution in [-0.2, 0) is 4.74 Å². The third-order valence-corrected chi connectivity index (χ3v) is 3.40. The van der Waals surface area contributed by atoms with Crippen molar-refractivity contribution in [3.8, 4) is 0 Å². The normalized spacial score (nSPS) is 16.0. The second-order valence-electron chi connectivity index (χ2n) is 6.35. The molecule has 0 unspecified atom stereocenters. The van der Waals surface area contributed by atoms with E-state index in [0.717, 1.165) is 24.3 Å². The molecular formula is C15H24N4O2. The molecule has 6 heteroatoms. The maximum Gasteiger partial charge on any atom is 0.410 e. The Morgan fingerprint density at radius 1 is 1.29 bits per heavy atom. The molecule has 2 rings (SSSR count). The second-order valence-corrected chi connectivity index (χ2v) is 6.35. The van der Waals surface area contributed by atoms with E-state index in [2.05, 4.69) is 9.88 Å². The monoisotopic (exact) mass is 292 g/mol. The lowest BCUT2D eigenvalue weighted by Crippen LogP contribution is -2.50. The molecule has 21 heavy (non-hydrogen) atoms. The third-order valence-electron chi connectivity index (χ3n) is 3.40. The fourth-order valence-corrected chi connectivity index (χ4v) is 2.22. The first-order valence-corrected chi connectivity index (χ1v) is 7.21. The highest BCUT2D eigenvalue weighted by Crippen LogP contribution is 2.20. The van der Waals surface area contributed by atoms with Gasteiger partial charge in [0.2, 0.25) is 0 Å². The van der Waals surface area contributed by atoms with E-state index < -0.39 is 5.60 Å². The Kier molecular flexibility index (Phi) is 4.25. The number of nitrogens with zero attached hydrogens (tertiary/aromatic N) is 3. The van der Waals surface area contributed by atoms with Gasteiger partial charge in [-0.1, -0.05) is 0 Å². The quantitative estimate of drug-likeness (QED) is 0.857. The number of aromatic nitrogens is 1. The molecule has 0 aliphatic carbocycles. The number of anilines is 2. The standard InChI is InChI=1S/C15H24N4O2/c1-11-9-12(10-17-13(11)16)18-5-7-19(8-6-18)14(20)21-15(2,3)4/h9-10H,5-8H2,1-4H3,(H2,16,17). The summed E-state index contributed by atoms with van der Waals surface area (Å²) in [7, 11) is 0. The lowest BCUT2D eigenvalue weighted by molar-refractivity contribution is 0.0240. The molecule has 1 aromatic heterocycles. The Hall–Kier alpha value is -1.98. The van der Waals surface area contributed by atoms with Crippen molar-refractivity contribution in [2.75, 3.05) is 36.8 Å². The first-order valence-electron chi connectivity index (χ1n) is 7.21. The van der Waals surface area contributed by atoms with Crippen LogP contribution in [0.4, 0.5) is 16.3 Å². The van der Waals surface area contributed by atoms with Crippen LogP contribution in [0.1, 0.15) is 26.3 Å². The first kappa shape index (κ1) is 15.4. The van der Waals surface area contributed by atoms with Gasteiger partial charge in [0, 0.05) is 26.2 Å². The Morgan fingerprint density at radius 3 is 2.43 bits per heavy atom. The molecule has 1 aromatic rings. The van der Waals surface area contributed by atoms with E-state index in [1.807, 2.05) is 33.8 Å². The zero-order valence-corrected chi connectivity index (χ0v) is 13.2. The highest BCUT2D eigenvalue weighted by molar-refractivity contribution is 5.68. The Morgan fingerprint density at radius 2 is 1.90 bits per heavy atom. The largest absolute Gasteiger partial charge is 0.444 e. The third kappa shape index (κ3) is 4.00. The van der Waals surface area contributed by atoms with Crippen LogP contribution >= 0.6 is 0 Å². The van der Waals surface area contributed by atoms with E-state index in [1.54, 1.807) is 11.1 Å². The summed E-state index contributed by atoms with van der Waals surface area (Å²) < 4.78 is 5.39. The van der Waals surface area contributed by atoms with Crippen molar-refractivity contribution in [2.45, 2.75) is 33.3 Å². The molecule has 0 radical (unpaired) electrons. The molecule has 6 nitrogen and oxygen atoms in total. The summed E-state index contributed by atoms with van der Waals surface area (Å²) in [6.45, 7) is 10.4. The van der Waals surface area contributed by atoms with Gasteiger partial charge in [0.1, 0.15) is 11.4 Å². The van der Waals surface area contributed by atoms with Crippen LogP contribution in [0.3, 0.4) is 0 Å². The van der Waals surface area contributed by atoms with Gasteiger partial charge in [-0.15, -0.1) is 0 Å². The van der Waals surface area contributed by atoms with Crippen LogP contribution in [0.2, 0.25) is 0 Å². The van der Waals surface area contributed by atoms with Crippen LogP contribution in [0, 0.1) is 6.92 Å². The SMILES string of the molecule is Cc1cc(N2CCN(C(=O)OC(C)(C)C)CC2)cnc1N. The van der Waals surface area contributed by atoms with E-state index in [0.29, 0.717) is 18.9 Å². The predicted octanol–water partition coefficient (Wildman–Crippen LogP) is 2.03. The molecule has 1 aliphatic rings. The maximum absolute atomic E-state index is 12.0. The van der Waals surface area contributed by atoms with Crippen LogP contribution in [0.15, 0.2) is 12.3 Å². The fraction of sp³-hybridized carbons (Fsp3) is 0.600. The minimum atomic E-state index is -0.452. The molecule has 1 fully saturated rings. The number of hydrogen-bond donors (Lipinski definition) is 1. The summed E-state index contributed by atoms with van der Waals surface area (Å²) in [5.74, 6) is 0.561. The lowest BCUT2D eigenvalue weighted by Gasteiger charge is -2.36. The van der Waals surface area contributed by atoms with Crippen molar-refractivity contribution in [3.63, 3.8) is 0 Å². The molecule has 1 aliphatic heterocycles. The molecule has 0 spiro atoms. The minimum absolute atomic E-state index is 0.242. The molecule has 116 valence electrons.